The first-order valence-electron chi connectivity index (χ1n) is 7.72. The van der Waals surface area contributed by atoms with Crippen LogP contribution in [0.2, 0.25) is 0 Å². The Bertz CT molecular complexity index is 740. The van der Waals surface area contributed by atoms with E-state index >= 15 is 0 Å². The molecule has 1 aromatic heterocycles. The molecule has 3 rings (SSSR count). The highest BCUT2D eigenvalue weighted by atomic mass is 16.3. The summed E-state index contributed by atoms with van der Waals surface area (Å²) >= 11 is 0. The molecule has 0 aliphatic heterocycles. The molecule has 1 heterocycles. The maximum absolute atomic E-state index is 6.14. The molecule has 1 unspecified atom stereocenters. The zero-order chi connectivity index (χ0) is 14.8. The van der Waals surface area contributed by atoms with E-state index in [9.17, 15) is 0 Å². The molecular formula is C20H22O. The van der Waals surface area contributed by atoms with Crippen LogP contribution in [0.1, 0.15) is 38.5 Å². The zero-order valence-electron chi connectivity index (χ0n) is 13.0. The van der Waals surface area contributed by atoms with Crippen molar-refractivity contribution >= 4 is 16.5 Å². The van der Waals surface area contributed by atoms with E-state index < -0.39 is 0 Å². The number of rotatable bonds is 3. The number of allylic oxidation sites excluding steroid dienone is 6. The summed E-state index contributed by atoms with van der Waals surface area (Å²) < 4.78 is 6.14. The number of benzene rings is 1. The number of aryl methyl sites for hydroxylation is 1. The minimum atomic E-state index is 0.375. The Morgan fingerprint density at radius 2 is 2.10 bits per heavy atom. The third-order valence-electron chi connectivity index (χ3n) is 4.31. The summed E-state index contributed by atoms with van der Waals surface area (Å²) in [5.41, 5.74) is 5.01. The zero-order valence-corrected chi connectivity index (χ0v) is 13.0. The van der Waals surface area contributed by atoms with Crippen molar-refractivity contribution in [3.8, 4) is 0 Å². The third-order valence-corrected chi connectivity index (χ3v) is 4.31. The minimum absolute atomic E-state index is 0.375. The van der Waals surface area contributed by atoms with Crippen LogP contribution in [-0.2, 0) is 6.42 Å². The fraction of sp³-hybridized carbons (Fsp3) is 0.300. The van der Waals surface area contributed by atoms with Crippen LogP contribution >= 0.6 is 0 Å². The topological polar surface area (TPSA) is 13.1 Å². The van der Waals surface area contributed by atoms with Crippen molar-refractivity contribution in [3.63, 3.8) is 0 Å². The Labute approximate surface area is 126 Å². The Kier molecular flexibility index (Phi) is 3.83. The van der Waals surface area contributed by atoms with Crippen molar-refractivity contribution < 1.29 is 4.42 Å². The molecule has 0 fully saturated rings. The molecule has 0 radical (unpaired) electrons. The maximum Gasteiger partial charge on any atom is 0.135 e. The third kappa shape index (κ3) is 2.61. The lowest BCUT2D eigenvalue weighted by molar-refractivity contribution is 0.582. The molecule has 0 N–H and O–H groups in total. The van der Waals surface area contributed by atoms with Gasteiger partial charge >= 0.3 is 0 Å². The standard InChI is InChI=1S/C20H22O/c1-4-14(2)12-13-15(3)16-9-7-10-18-17-8-5-6-11-19(17)21-20(16)18/h4-6,8-9,11-13,15H,7,10H2,1-3H3/b13-12-,14-4-. The second kappa shape index (κ2) is 5.77. The average molecular weight is 278 g/mol. The molecule has 21 heavy (non-hydrogen) atoms. The summed E-state index contributed by atoms with van der Waals surface area (Å²) in [6.07, 6.45) is 11.1. The molecular weight excluding hydrogens is 256 g/mol. The molecule has 1 aliphatic rings. The van der Waals surface area contributed by atoms with Crippen LogP contribution in [0.3, 0.4) is 0 Å². The number of hydrogen-bond acceptors (Lipinski definition) is 1. The molecule has 0 saturated heterocycles. The lowest BCUT2D eigenvalue weighted by Crippen LogP contribution is -2.02. The molecule has 0 bridgehead atoms. The molecule has 1 aliphatic carbocycles. The fourth-order valence-corrected chi connectivity index (χ4v) is 2.93. The van der Waals surface area contributed by atoms with Gasteiger partial charge in [-0.25, -0.2) is 0 Å². The van der Waals surface area contributed by atoms with Crippen LogP contribution < -0.4 is 0 Å². The quantitative estimate of drug-likeness (QED) is 0.635. The van der Waals surface area contributed by atoms with Gasteiger partial charge < -0.3 is 4.42 Å². The van der Waals surface area contributed by atoms with Crippen molar-refractivity contribution in [3.05, 3.63) is 65.5 Å². The first-order chi connectivity index (χ1) is 10.2. The van der Waals surface area contributed by atoms with Crippen molar-refractivity contribution in [1.82, 2.24) is 0 Å². The van der Waals surface area contributed by atoms with Crippen molar-refractivity contribution in [1.29, 1.82) is 0 Å². The molecule has 0 spiro atoms. The highest BCUT2D eigenvalue weighted by Gasteiger charge is 2.22. The van der Waals surface area contributed by atoms with Gasteiger partial charge in [0.25, 0.3) is 0 Å². The largest absolute Gasteiger partial charge is 0.456 e. The van der Waals surface area contributed by atoms with E-state index in [-0.39, 0.29) is 0 Å². The highest BCUT2D eigenvalue weighted by Crippen LogP contribution is 2.38. The lowest BCUT2D eigenvalue weighted by atomic mass is 9.88. The fourth-order valence-electron chi connectivity index (χ4n) is 2.93. The number of hydrogen-bond donors (Lipinski definition) is 0. The second-order valence-corrected chi connectivity index (χ2v) is 5.78. The summed E-state index contributed by atoms with van der Waals surface area (Å²) in [5.74, 6) is 1.47. The Morgan fingerprint density at radius 3 is 2.90 bits per heavy atom. The van der Waals surface area contributed by atoms with E-state index in [4.69, 9.17) is 4.42 Å². The first kappa shape index (κ1) is 13.9. The smallest absolute Gasteiger partial charge is 0.135 e. The van der Waals surface area contributed by atoms with Crippen LogP contribution in [0.5, 0.6) is 0 Å². The van der Waals surface area contributed by atoms with Gasteiger partial charge in [-0.1, -0.05) is 55.0 Å². The number of furan rings is 1. The first-order valence-corrected chi connectivity index (χ1v) is 7.72. The molecule has 1 atom stereocenters. The normalized spacial score (nSPS) is 17.1. The van der Waals surface area contributed by atoms with Crippen LogP contribution in [0, 0.1) is 5.92 Å². The summed E-state index contributed by atoms with van der Waals surface area (Å²) in [4.78, 5) is 0. The van der Waals surface area contributed by atoms with Gasteiger partial charge in [0.1, 0.15) is 11.3 Å². The molecule has 0 saturated carbocycles. The van der Waals surface area contributed by atoms with Crippen molar-refractivity contribution in [2.75, 3.05) is 0 Å². The number of para-hydroxylation sites is 1. The summed E-state index contributed by atoms with van der Waals surface area (Å²) in [5, 5.41) is 1.28. The highest BCUT2D eigenvalue weighted by molar-refractivity contribution is 5.88. The van der Waals surface area contributed by atoms with Crippen LogP contribution in [-0.4, -0.2) is 0 Å². The Morgan fingerprint density at radius 1 is 1.29 bits per heavy atom. The van der Waals surface area contributed by atoms with Gasteiger partial charge in [-0.2, -0.15) is 0 Å². The molecule has 1 heteroatoms. The molecule has 0 amide bonds. The van der Waals surface area contributed by atoms with E-state index in [1.165, 1.54) is 22.1 Å². The summed E-state index contributed by atoms with van der Waals surface area (Å²) in [7, 11) is 0. The molecule has 108 valence electrons. The van der Waals surface area contributed by atoms with E-state index in [0.29, 0.717) is 5.92 Å². The predicted octanol–water partition coefficient (Wildman–Crippen LogP) is 5.92. The van der Waals surface area contributed by atoms with Crippen LogP contribution in [0.25, 0.3) is 16.5 Å². The minimum Gasteiger partial charge on any atom is -0.456 e. The molecule has 1 aromatic carbocycles. The Hall–Kier alpha value is -2.02. The predicted molar refractivity (Wildman–Crippen MR) is 90.2 cm³/mol. The summed E-state index contributed by atoms with van der Waals surface area (Å²) in [6.45, 7) is 6.44. The van der Waals surface area contributed by atoms with Gasteiger partial charge in [0, 0.05) is 16.9 Å². The second-order valence-electron chi connectivity index (χ2n) is 5.78. The van der Waals surface area contributed by atoms with E-state index in [2.05, 4.69) is 63.3 Å². The van der Waals surface area contributed by atoms with Gasteiger partial charge in [0.15, 0.2) is 0 Å². The number of fused-ring (bicyclic) bond motifs is 3. The maximum atomic E-state index is 6.14. The molecule has 1 nitrogen and oxygen atoms in total. The lowest BCUT2D eigenvalue weighted by Gasteiger charge is -2.16. The van der Waals surface area contributed by atoms with Gasteiger partial charge in [-0.15, -0.1) is 0 Å². The van der Waals surface area contributed by atoms with Crippen molar-refractivity contribution in [2.24, 2.45) is 5.92 Å². The average Bonchev–Trinajstić information content (AvgIpc) is 2.90. The van der Waals surface area contributed by atoms with E-state index in [1.54, 1.807) is 0 Å². The van der Waals surface area contributed by atoms with Gasteiger partial charge in [0.2, 0.25) is 0 Å². The van der Waals surface area contributed by atoms with Crippen molar-refractivity contribution in [2.45, 2.75) is 33.6 Å². The van der Waals surface area contributed by atoms with Gasteiger partial charge in [-0.05, 0) is 38.3 Å². The SMILES string of the molecule is C/C=C(C)\C=C/C(C)C1=CCCc2c1oc1ccccc21. The Balaban J connectivity index is 1.99. The van der Waals surface area contributed by atoms with E-state index in [1.807, 2.05) is 6.07 Å². The van der Waals surface area contributed by atoms with Gasteiger partial charge in [0.05, 0.1) is 0 Å². The van der Waals surface area contributed by atoms with Gasteiger partial charge in [-0.3, -0.25) is 0 Å². The molecule has 2 aromatic rings. The van der Waals surface area contributed by atoms with Crippen LogP contribution in [0.15, 0.2) is 58.6 Å². The van der Waals surface area contributed by atoms with E-state index in [0.717, 1.165) is 24.2 Å². The monoisotopic (exact) mass is 278 g/mol. The summed E-state index contributed by atoms with van der Waals surface area (Å²) in [6, 6.07) is 8.37. The van der Waals surface area contributed by atoms with Crippen LogP contribution in [0.4, 0.5) is 0 Å².